The molecule has 2 unspecified atom stereocenters. The number of hydrogen-bond donors (Lipinski definition) is 2. The molecule has 2 rings (SSSR count). The minimum atomic E-state index is 0.248. The molecule has 4 nitrogen and oxygen atoms in total. The van der Waals surface area contributed by atoms with E-state index in [0.29, 0.717) is 12.0 Å². The van der Waals surface area contributed by atoms with Crippen LogP contribution in [0.5, 0.6) is 0 Å². The zero-order valence-corrected chi connectivity index (χ0v) is 10.1. The summed E-state index contributed by atoms with van der Waals surface area (Å²) in [5, 5.41) is 16.8. The van der Waals surface area contributed by atoms with E-state index in [1.807, 2.05) is 6.20 Å². The lowest BCUT2D eigenvalue weighted by molar-refractivity contribution is 0.288. The molecule has 0 bridgehead atoms. The maximum atomic E-state index is 8.86. The largest absolute Gasteiger partial charge is 0.396 e. The maximum Gasteiger partial charge on any atom is 0.127 e. The molecule has 90 valence electrons. The van der Waals surface area contributed by atoms with Crippen LogP contribution in [0.25, 0.3) is 0 Å². The number of aromatic nitrogens is 2. The first-order valence-electron chi connectivity index (χ1n) is 6.19. The molecule has 0 amide bonds. The Balaban J connectivity index is 2.21. The van der Waals surface area contributed by atoms with Crippen molar-refractivity contribution in [3.63, 3.8) is 0 Å². The first-order chi connectivity index (χ1) is 7.77. The Morgan fingerprint density at radius 1 is 1.62 bits per heavy atom. The summed E-state index contributed by atoms with van der Waals surface area (Å²) < 4.78 is 2.13. The minimum Gasteiger partial charge on any atom is -0.396 e. The fourth-order valence-corrected chi connectivity index (χ4v) is 2.51. The predicted molar refractivity (Wildman–Crippen MR) is 64.6 cm³/mol. The van der Waals surface area contributed by atoms with Crippen LogP contribution in [-0.4, -0.2) is 28.0 Å². The molecule has 2 atom stereocenters. The van der Waals surface area contributed by atoms with Gasteiger partial charge in [0.05, 0.1) is 12.2 Å². The molecule has 0 saturated carbocycles. The minimum absolute atomic E-state index is 0.248. The van der Waals surface area contributed by atoms with Crippen molar-refractivity contribution >= 4 is 5.82 Å². The molecule has 16 heavy (non-hydrogen) atoms. The Bertz CT molecular complexity index is 348. The zero-order chi connectivity index (χ0) is 11.5. The second kappa shape index (κ2) is 4.87. The second-order valence-corrected chi connectivity index (χ2v) is 4.62. The first kappa shape index (κ1) is 11.5. The highest BCUT2D eigenvalue weighted by atomic mass is 16.2. The van der Waals surface area contributed by atoms with Gasteiger partial charge in [-0.25, -0.2) is 4.68 Å². The molecule has 2 heterocycles. The average Bonchev–Trinajstić information content (AvgIpc) is 2.69. The van der Waals surface area contributed by atoms with Crippen LogP contribution >= 0.6 is 0 Å². The summed E-state index contributed by atoms with van der Waals surface area (Å²) >= 11 is 0. The first-order valence-corrected chi connectivity index (χ1v) is 6.19. The Kier molecular flexibility index (Phi) is 3.49. The van der Waals surface area contributed by atoms with Gasteiger partial charge in [-0.3, -0.25) is 0 Å². The molecule has 0 aromatic carbocycles. The second-order valence-electron chi connectivity index (χ2n) is 4.62. The number of aliphatic hydroxyl groups is 1. The third-order valence-corrected chi connectivity index (χ3v) is 3.46. The molecule has 0 radical (unpaired) electrons. The van der Waals surface area contributed by atoms with Crippen molar-refractivity contribution in [2.45, 2.75) is 39.2 Å². The molecule has 1 aliphatic rings. The quantitative estimate of drug-likeness (QED) is 0.818. The van der Waals surface area contributed by atoms with Crippen molar-refractivity contribution in [3.8, 4) is 0 Å². The van der Waals surface area contributed by atoms with Crippen LogP contribution in [0.2, 0.25) is 0 Å². The van der Waals surface area contributed by atoms with Crippen molar-refractivity contribution in [1.82, 2.24) is 9.78 Å². The number of rotatable bonds is 4. The van der Waals surface area contributed by atoms with Gasteiger partial charge in [-0.1, -0.05) is 13.8 Å². The smallest absolute Gasteiger partial charge is 0.127 e. The van der Waals surface area contributed by atoms with Crippen LogP contribution in [0.3, 0.4) is 0 Å². The topological polar surface area (TPSA) is 50.1 Å². The van der Waals surface area contributed by atoms with E-state index >= 15 is 0 Å². The summed E-state index contributed by atoms with van der Waals surface area (Å²) in [6.07, 6.45) is 4.78. The molecule has 1 aliphatic heterocycles. The Hall–Kier alpha value is -1.03. The van der Waals surface area contributed by atoms with Gasteiger partial charge in [0, 0.05) is 18.7 Å². The van der Waals surface area contributed by atoms with Crippen LogP contribution in [-0.2, 0) is 6.42 Å². The molecule has 4 heteroatoms. The van der Waals surface area contributed by atoms with Crippen LogP contribution in [0, 0.1) is 5.92 Å². The number of nitrogens with zero attached hydrogens (tertiary/aromatic N) is 2. The molecule has 2 N–H and O–H groups in total. The standard InChI is InChI=1S/C12H21N3O/c1-3-11-9(2)7-13-12-10(5-4-6-16)8-14-15(11)12/h8-9,11,13,16H,3-7H2,1-2H3. The number of aliphatic hydroxyl groups excluding tert-OH is 1. The molecule has 1 aromatic rings. The van der Waals surface area contributed by atoms with E-state index in [1.165, 1.54) is 11.4 Å². The Morgan fingerprint density at radius 3 is 3.12 bits per heavy atom. The molecule has 0 aliphatic carbocycles. The van der Waals surface area contributed by atoms with Gasteiger partial charge in [-0.05, 0) is 25.2 Å². The summed E-state index contributed by atoms with van der Waals surface area (Å²) in [5.41, 5.74) is 1.24. The van der Waals surface area contributed by atoms with E-state index in [4.69, 9.17) is 5.11 Å². The van der Waals surface area contributed by atoms with Crippen molar-refractivity contribution < 1.29 is 5.11 Å². The van der Waals surface area contributed by atoms with E-state index in [2.05, 4.69) is 28.9 Å². The third-order valence-electron chi connectivity index (χ3n) is 3.46. The van der Waals surface area contributed by atoms with Gasteiger partial charge in [-0.2, -0.15) is 5.10 Å². The summed E-state index contributed by atoms with van der Waals surface area (Å²) in [7, 11) is 0. The highest BCUT2D eigenvalue weighted by molar-refractivity contribution is 5.46. The monoisotopic (exact) mass is 223 g/mol. The lowest BCUT2D eigenvalue weighted by Gasteiger charge is -2.31. The molecule has 1 aromatic heterocycles. The summed E-state index contributed by atoms with van der Waals surface area (Å²) in [6, 6.07) is 0.513. The van der Waals surface area contributed by atoms with E-state index in [1.54, 1.807) is 0 Å². The van der Waals surface area contributed by atoms with Crippen molar-refractivity contribution in [2.75, 3.05) is 18.5 Å². The number of aryl methyl sites for hydroxylation is 1. The lowest BCUT2D eigenvalue weighted by Crippen LogP contribution is -2.31. The van der Waals surface area contributed by atoms with Gasteiger partial charge >= 0.3 is 0 Å². The van der Waals surface area contributed by atoms with Crippen molar-refractivity contribution in [1.29, 1.82) is 0 Å². The highest BCUT2D eigenvalue weighted by Gasteiger charge is 2.26. The molecule has 0 fully saturated rings. The highest BCUT2D eigenvalue weighted by Crippen LogP contribution is 2.32. The predicted octanol–water partition coefficient (Wildman–Crippen LogP) is 1.82. The molecule has 0 saturated heterocycles. The van der Waals surface area contributed by atoms with Gasteiger partial charge in [0.25, 0.3) is 0 Å². The van der Waals surface area contributed by atoms with E-state index in [9.17, 15) is 0 Å². The summed E-state index contributed by atoms with van der Waals surface area (Å²) in [6.45, 7) is 5.75. The number of hydrogen-bond acceptors (Lipinski definition) is 3. The van der Waals surface area contributed by atoms with E-state index in [0.717, 1.165) is 25.8 Å². The Morgan fingerprint density at radius 2 is 2.44 bits per heavy atom. The van der Waals surface area contributed by atoms with Gasteiger partial charge in [-0.15, -0.1) is 0 Å². The van der Waals surface area contributed by atoms with Gasteiger partial charge < -0.3 is 10.4 Å². The molecular formula is C12H21N3O. The average molecular weight is 223 g/mol. The number of anilines is 1. The summed E-state index contributed by atoms with van der Waals surface area (Å²) in [4.78, 5) is 0. The fraction of sp³-hybridized carbons (Fsp3) is 0.750. The normalized spacial score (nSPS) is 23.9. The zero-order valence-electron chi connectivity index (χ0n) is 10.1. The van der Waals surface area contributed by atoms with Crippen LogP contribution in [0.4, 0.5) is 5.82 Å². The number of fused-ring (bicyclic) bond motifs is 1. The van der Waals surface area contributed by atoms with Gasteiger partial charge in [0.2, 0.25) is 0 Å². The SMILES string of the molecule is CCC1C(C)CNc2c(CCCO)cnn21. The number of nitrogens with one attached hydrogen (secondary N) is 1. The van der Waals surface area contributed by atoms with Gasteiger partial charge in [0.1, 0.15) is 5.82 Å². The third kappa shape index (κ3) is 1.94. The Labute approximate surface area is 96.7 Å². The molecular weight excluding hydrogens is 202 g/mol. The fourth-order valence-electron chi connectivity index (χ4n) is 2.51. The molecule has 0 spiro atoms. The lowest BCUT2D eigenvalue weighted by atomic mass is 9.97. The van der Waals surface area contributed by atoms with Crippen LogP contribution < -0.4 is 5.32 Å². The van der Waals surface area contributed by atoms with Crippen molar-refractivity contribution in [2.24, 2.45) is 5.92 Å². The van der Waals surface area contributed by atoms with E-state index in [-0.39, 0.29) is 6.61 Å². The van der Waals surface area contributed by atoms with Crippen LogP contribution in [0.1, 0.15) is 38.3 Å². The van der Waals surface area contributed by atoms with Crippen molar-refractivity contribution in [3.05, 3.63) is 11.8 Å². The summed E-state index contributed by atoms with van der Waals surface area (Å²) in [5.74, 6) is 1.79. The van der Waals surface area contributed by atoms with Gasteiger partial charge in [0.15, 0.2) is 0 Å². The van der Waals surface area contributed by atoms with E-state index < -0.39 is 0 Å². The van der Waals surface area contributed by atoms with Crippen LogP contribution in [0.15, 0.2) is 6.20 Å². The maximum absolute atomic E-state index is 8.86.